The van der Waals surface area contributed by atoms with E-state index in [0.29, 0.717) is 38.2 Å². The summed E-state index contributed by atoms with van der Waals surface area (Å²) in [6.07, 6.45) is 1.65. The van der Waals surface area contributed by atoms with Gasteiger partial charge < -0.3 is 15.4 Å². The van der Waals surface area contributed by atoms with Gasteiger partial charge in [0.25, 0.3) is 0 Å². The van der Waals surface area contributed by atoms with Gasteiger partial charge >= 0.3 is 0 Å². The Morgan fingerprint density at radius 3 is 2.79 bits per heavy atom. The number of carbonyl (C=O) groups is 1. The van der Waals surface area contributed by atoms with Gasteiger partial charge in [0.05, 0.1) is 6.61 Å². The van der Waals surface area contributed by atoms with E-state index in [4.69, 9.17) is 10.5 Å². The van der Waals surface area contributed by atoms with Gasteiger partial charge in [-0.25, -0.2) is 4.39 Å². The second-order valence-corrected chi connectivity index (χ2v) is 4.53. The number of halogens is 1. The third kappa shape index (κ3) is 5.26. The Morgan fingerprint density at radius 2 is 2.16 bits per heavy atom. The summed E-state index contributed by atoms with van der Waals surface area (Å²) in [7, 11) is 3.45. The van der Waals surface area contributed by atoms with Crippen molar-refractivity contribution < 1.29 is 13.9 Å². The number of nitrogens with two attached hydrogens (primary N) is 1. The van der Waals surface area contributed by atoms with Gasteiger partial charge in [0.15, 0.2) is 0 Å². The van der Waals surface area contributed by atoms with Crippen LogP contribution in [0.15, 0.2) is 18.2 Å². The van der Waals surface area contributed by atoms with Crippen LogP contribution in [0.4, 0.5) is 4.39 Å². The summed E-state index contributed by atoms with van der Waals surface area (Å²) in [6.45, 7) is 0.877. The molecule has 19 heavy (non-hydrogen) atoms. The molecule has 0 saturated heterocycles. The van der Waals surface area contributed by atoms with Gasteiger partial charge in [-0.1, -0.05) is 0 Å². The zero-order chi connectivity index (χ0) is 14.3. The van der Waals surface area contributed by atoms with E-state index in [1.54, 1.807) is 25.1 Å². The first-order valence-corrected chi connectivity index (χ1v) is 6.36. The largest absolute Gasteiger partial charge is 0.493 e. The van der Waals surface area contributed by atoms with E-state index in [2.05, 4.69) is 0 Å². The Balaban J connectivity index is 2.46. The number of rotatable bonds is 7. The maximum atomic E-state index is 13.1. The molecular formula is C14H21FN2O2. The van der Waals surface area contributed by atoms with Gasteiger partial charge in [0.2, 0.25) is 5.91 Å². The molecule has 106 valence electrons. The fourth-order valence-electron chi connectivity index (χ4n) is 1.67. The second kappa shape index (κ2) is 7.74. The average molecular weight is 268 g/mol. The molecule has 0 aliphatic carbocycles. The van der Waals surface area contributed by atoms with Crippen molar-refractivity contribution in [2.75, 3.05) is 27.2 Å². The number of benzene rings is 1. The first-order chi connectivity index (χ1) is 9.04. The molecular weight excluding hydrogens is 247 g/mol. The SMILES string of the molecule is CN(C)C(=O)CCCOc1ccc(F)cc1CCN. The topological polar surface area (TPSA) is 55.6 Å². The van der Waals surface area contributed by atoms with Gasteiger partial charge in [0, 0.05) is 20.5 Å². The molecule has 1 aromatic rings. The summed E-state index contributed by atoms with van der Waals surface area (Å²) < 4.78 is 18.7. The van der Waals surface area contributed by atoms with E-state index in [-0.39, 0.29) is 11.7 Å². The van der Waals surface area contributed by atoms with Crippen molar-refractivity contribution in [2.24, 2.45) is 5.73 Å². The van der Waals surface area contributed by atoms with Gasteiger partial charge in [-0.2, -0.15) is 0 Å². The van der Waals surface area contributed by atoms with Crippen LogP contribution in [0.25, 0.3) is 0 Å². The molecule has 0 bridgehead atoms. The molecule has 0 fully saturated rings. The number of ether oxygens (including phenoxy) is 1. The smallest absolute Gasteiger partial charge is 0.222 e. The highest BCUT2D eigenvalue weighted by molar-refractivity contribution is 5.75. The van der Waals surface area contributed by atoms with Gasteiger partial charge in [-0.05, 0) is 43.1 Å². The highest BCUT2D eigenvalue weighted by Gasteiger charge is 2.06. The van der Waals surface area contributed by atoms with Crippen LogP contribution in [-0.4, -0.2) is 38.1 Å². The fraction of sp³-hybridized carbons (Fsp3) is 0.500. The van der Waals surface area contributed by atoms with Gasteiger partial charge in [0.1, 0.15) is 11.6 Å². The molecule has 1 amide bonds. The zero-order valence-electron chi connectivity index (χ0n) is 11.5. The van der Waals surface area contributed by atoms with Crippen LogP contribution < -0.4 is 10.5 Å². The van der Waals surface area contributed by atoms with E-state index in [1.165, 1.54) is 12.1 Å². The summed E-state index contributed by atoms with van der Waals surface area (Å²) in [5.74, 6) is 0.424. The molecule has 0 aromatic heterocycles. The third-order valence-electron chi connectivity index (χ3n) is 2.73. The lowest BCUT2D eigenvalue weighted by Gasteiger charge is -2.12. The van der Waals surface area contributed by atoms with Crippen LogP contribution in [0.2, 0.25) is 0 Å². The molecule has 0 radical (unpaired) electrons. The quantitative estimate of drug-likeness (QED) is 0.764. The molecule has 0 saturated carbocycles. The number of carbonyl (C=O) groups excluding carboxylic acids is 1. The van der Waals surface area contributed by atoms with Crippen molar-refractivity contribution in [1.29, 1.82) is 0 Å². The van der Waals surface area contributed by atoms with E-state index in [9.17, 15) is 9.18 Å². The zero-order valence-corrected chi connectivity index (χ0v) is 11.5. The number of hydrogen-bond acceptors (Lipinski definition) is 3. The van der Waals surface area contributed by atoms with Crippen molar-refractivity contribution in [2.45, 2.75) is 19.3 Å². The number of amides is 1. The standard InChI is InChI=1S/C14H21FN2O2/c1-17(2)14(18)4-3-9-19-13-6-5-12(15)10-11(13)7-8-16/h5-6,10H,3-4,7-9,16H2,1-2H3. The van der Waals surface area contributed by atoms with Crippen LogP contribution in [0.5, 0.6) is 5.75 Å². The molecule has 0 aliphatic heterocycles. The molecule has 4 nitrogen and oxygen atoms in total. The molecule has 1 rings (SSSR count). The van der Waals surface area contributed by atoms with Crippen LogP contribution in [0.1, 0.15) is 18.4 Å². The minimum Gasteiger partial charge on any atom is -0.493 e. The molecule has 1 aromatic carbocycles. The van der Waals surface area contributed by atoms with Gasteiger partial charge in [-0.15, -0.1) is 0 Å². The van der Waals surface area contributed by atoms with Crippen LogP contribution in [0.3, 0.4) is 0 Å². The molecule has 0 aliphatic rings. The highest BCUT2D eigenvalue weighted by Crippen LogP contribution is 2.20. The molecule has 0 spiro atoms. The Labute approximate surface area is 113 Å². The van der Waals surface area contributed by atoms with Crippen molar-refractivity contribution in [3.63, 3.8) is 0 Å². The Kier molecular flexibility index (Phi) is 6.29. The monoisotopic (exact) mass is 268 g/mol. The van der Waals surface area contributed by atoms with Crippen LogP contribution in [-0.2, 0) is 11.2 Å². The molecule has 0 unspecified atom stereocenters. The number of nitrogens with zero attached hydrogens (tertiary/aromatic N) is 1. The lowest BCUT2D eigenvalue weighted by Crippen LogP contribution is -2.21. The fourth-order valence-corrected chi connectivity index (χ4v) is 1.67. The first-order valence-electron chi connectivity index (χ1n) is 6.36. The Bertz CT molecular complexity index is 422. The molecule has 5 heteroatoms. The van der Waals surface area contributed by atoms with Gasteiger partial charge in [-0.3, -0.25) is 4.79 Å². The van der Waals surface area contributed by atoms with E-state index in [0.717, 1.165) is 5.56 Å². The minimum atomic E-state index is -0.293. The van der Waals surface area contributed by atoms with Crippen molar-refractivity contribution >= 4 is 5.91 Å². The van der Waals surface area contributed by atoms with Crippen molar-refractivity contribution in [3.05, 3.63) is 29.6 Å². The normalized spacial score (nSPS) is 10.3. The third-order valence-corrected chi connectivity index (χ3v) is 2.73. The van der Waals surface area contributed by atoms with Crippen LogP contribution in [0, 0.1) is 5.82 Å². The predicted octanol–water partition coefficient (Wildman–Crippen LogP) is 1.57. The predicted molar refractivity (Wildman–Crippen MR) is 72.6 cm³/mol. The Hall–Kier alpha value is -1.62. The lowest BCUT2D eigenvalue weighted by atomic mass is 10.1. The number of hydrogen-bond donors (Lipinski definition) is 1. The average Bonchev–Trinajstić information content (AvgIpc) is 2.36. The van der Waals surface area contributed by atoms with E-state index < -0.39 is 0 Å². The first kappa shape index (κ1) is 15.4. The molecule has 0 atom stereocenters. The molecule has 0 heterocycles. The summed E-state index contributed by atoms with van der Waals surface area (Å²) in [5.41, 5.74) is 6.24. The van der Waals surface area contributed by atoms with Crippen molar-refractivity contribution in [3.8, 4) is 5.75 Å². The van der Waals surface area contributed by atoms with Crippen molar-refractivity contribution in [1.82, 2.24) is 4.90 Å². The second-order valence-electron chi connectivity index (χ2n) is 4.53. The van der Waals surface area contributed by atoms with E-state index >= 15 is 0 Å². The Morgan fingerprint density at radius 1 is 1.42 bits per heavy atom. The minimum absolute atomic E-state index is 0.0740. The maximum absolute atomic E-state index is 13.1. The summed E-state index contributed by atoms with van der Waals surface area (Å²) in [4.78, 5) is 12.9. The lowest BCUT2D eigenvalue weighted by molar-refractivity contribution is -0.128. The summed E-state index contributed by atoms with van der Waals surface area (Å²) in [5, 5.41) is 0. The molecule has 2 N–H and O–H groups in total. The highest BCUT2D eigenvalue weighted by atomic mass is 19.1. The van der Waals surface area contributed by atoms with E-state index in [1.807, 2.05) is 0 Å². The summed E-state index contributed by atoms with van der Waals surface area (Å²) >= 11 is 0. The van der Waals surface area contributed by atoms with Crippen LogP contribution >= 0.6 is 0 Å². The summed E-state index contributed by atoms with van der Waals surface area (Å²) in [6, 6.07) is 4.40. The maximum Gasteiger partial charge on any atom is 0.222 e.